The van der Waals surface area contributed by atoms with Crippen LogP contribution < -0.4 is 0 Å². The Morgan fingerprint density at radius 1 is 1.33 bits per heavy atom. The summed E-state index contributed by atoms with van der Waals surface area (Å²) in [4.78, 5) is 3.94. The molecular weight excluding hydrogens is 150 g/mol. The van der Waals surface area contributed by atoms with Crippen LogP contribution in [0.5, 0.6) is 0 Å². The summed E-state index contributed by atoms with van der Waals surface area (Å²) in [5.74, 6) is 0.642. The third-order valence-corrected chi connectivity index (χ3v) is 1.08. The van der Waals surface area contributed by atoms with Crippen LogP contribution in [-0.4, -0.2) is 24.1 Å². The van der Waals surface area contributed by atoms with Gasteiger partial charge in [0.05, 0.1) is 0 Å². The molecule has 0 aromatic rings. The highest BCUT2D eigenvalue weighted by Gasteiger charge is 1.95. The van der Waals surface area contributed by atoms with E-state index in [0.29, 0.717) is 5.84 Å². The van der Waals surface area contributed by atoms with Crippen LogP contribution >= 0.6 is 0 Å². The molecule has 0 atom stereocenters. The lowest BCUT2D eigenvalue weighted by Gasteiger charge is -2.10. The first-order valence-corrected chi connectivity index (χ1v) is 3.46. The summed E-state index contributed by atoms with van der Waals surface area (Å²) in [7, 11) is 1.77. The molecule has 0 unspecified atom stereocenters. The van der Waals surface area contributed by atoms with Gasteiger partial charge in [-0.05, 0) is 12.2 Å². The molecule has 0 aromatic heterocycles. The summed E-state index contributed by atoms with van der Waals surface area (Å²) < 4.78 is 0. The summed E-state index contributed by atoms with van der Waals surface area (Å²) in [6.07, 6.45) is 6.20. The van der Waals surface area contributed by atoms with Gasteiger partial charge in [0.15, 0.2) is 0 Å². The van der Waals surface area contributed by atoms with Gasteiger partial charge in [0.25, 0.3) is 0 Å². The molecule has 0 radical (unpaired) electrons. The summed E-state index contributed by atoms with van der Waals surface area (Å²) in [6.45, 7) is 10.6. The molecule has 0 heterocycles. The number of allylic oxidation sites excluding steroid dienone is 1. The molecule has 0 aliphatic heterocycles. The highest BCUT2D eigenvalue weighted by molar-refractivity contribution is 5.93. The number of amidine groups is 1. The van der Waals surface area contributed by atoms with Crippen LogP contribution in [0.1, 0.15) is 0 Å². The Morgan fingerprint density at radius 3 is 2.42 bits per heavy atom. The van der Waals surface area contributed by atoms with E-state index >= 15 is 0 Å². The zero-order valence-electron chi connectivity index (χ0n) is 7.27. The van der Waals surface area contributed by atoms with E-state index in [2.05, 4.69) is 29.8 Å². The van der Waals surface area contributed by atoms with Gasteiger partial charge in [0.2, 0.25) is 0 Å². The molecule has 64 valence electrons. The van der Waals surface area contributed by atoms with Crippen LogP contribution in [0.15, 0.2) is 48.2 Å². The molecule has 3 heteroatoms. The number of hydrazone groups is 1. The van der Waals surface area contributed by atoms with Crippen LogP contribution in [0.3, 0.4) is 0 Å². The molecule has 0 bridgehead atoms. The molecule has 0 aliphatic carbocycles. The predicted octanol–water partition coefficient (Wildman–Crippen LogP) is 1.82. The van der Waals surface area contributed by atoms with Crippen molar-refractivity contribution in [2.24, 2.45) is 10.1 Å². The molecule has 0 aromatic carbocycles. The number of hydrogen-bond acceptors (Lipinski definition) is 2. The Labute approximate surface area is 73.1 Å². The number of nitrogens with zero attached hydrogens (tertiary/aromatic N) is 3. The minimum absolute atomic E-state index is 0.642. The molecule has 12 heavy (non-hydrogen) atoms. The average Bonchev–Trinajstić information content (AvgIpc) is 2.10. The van der Waals surface area contributed by atoms with Crippen LogP contribution in [0.25, 0.3) is 0 Å². The number of likely N-dealkylation sites (N-methyl/N-ethyl adjacent to an activating group) is 1. The average molecular weight is 163 g/mol. The van der Waals surface area contributed by atoms with E-state index in [4.69, 9.17) is 0 Å². The zero-order valence-corrected chi connectivity index (χ0v) is 7.27. The maximum absolute atomic E-state index is 3.97. The van der Waals surface area contributed by atoms with Crippen LogP contribution in [0.2, 0.25) is 0 Å². The van der Waals surface area contributed by atoms with Crippen molar-refractivity contribution in [3.8, 4) is 0 Å². The van der Waals surface area contributed by atoms with E-state index in [-0.39, 0.29) is 0 Å². The van der Waals surface area contributed by atoms with Gasteiger partial charge < -0.3 is 0 Å². The highest BCUT2D eigenvalue weighted by Crippen LogP contribution is 1.90. The molecule has 0 N–H and O–H groups in total. The second kappa shape index (κ2) is 6.09. The first-order valence-electron chi connectivity index (χ1n) is 3.46. The maximum Gasteiger partial charge on any atom is 0.147 e. The largest absolute Gasteiger partial charge is 0.251 e. The Hall–Kier alpha value is -1.64. The van der Waals surface area contributed by atoms with E-state index in [1.807, 2.05) is 0 Å². The smallest absolute Gasteiger partial charge is 0.147 e. The van der Waals surface area contributed by atoms with Crippen molar-refractivity contribution in [1.82, 2.24) is 5.01 Å². The normalized spacial score (nSPS) is 11.2. The van der Waals surface area contributed by atoms with Gasteiger partial charge in [-0.15, -0.1) is 0 Å². The minimum Gasteiger partial charge on any atom is -0.251 e. The molecule has 0 rings (SSSR count). The van der Waals surface area contributed by atoms with Crippen molar-refractivity contribution in [2.75, 3.05) is 7.05 Å². The van der Waals surface area contributed by atoms with Crippen LogP contribution in [0.4, 0.5) is 0 Å². The van der Waals surface area contributed by atoms with Crippen molar-refractivity contribution in [3.63, 3.8) is 0 Å². The summed E-state index contributed by atoms with van der Waals surface area (Å²) in [6, 6.07) is 0. The second-order valence-electron chi connectivity index (χ2n) is 1.90. The summed E-state index contributed by atoms with van der Waals surface area (Å²) >= 11 is 0. The number of aliphatic imine (C=N–C) groups is 1. The predicted molar refractivity (Wildman–Crippen MR) is 54.3 cm³/mol. The quantitative estimate of drug-likeness (QED) is 0.353. The van der Waals surface area contributed by atoms with Crippen molar-refractivity contribution >= 4 is 12.1 Å². The highest BCUT2D eigenvalue weighted by atomic mass is 15.5. The van der Waals surface area contributed by atoms with Crippen molar-refractivity contribution in [3.05, 3.63) is 38.1 Å². The first-order chi connectivity index (χ1) is 5.76. The van der Waals surface area contributed by atoms with Crippen molar-refractivity contribution in [1.29, 1.82) is 0 Å². The third kappa shape index (κ3) is 3.51. The second-order valence-corrected chi connectivity index (χ2v) is 1.90. The van der Waals surface area contributed by atoms with E-state index in [1.165, 1.54) is 6.20 Å². The summed E-state index contributed by atoms with van der Waals surface area (Å²) in [5, 5.41) is 5.55. The Morgan fingerprint density at radius 2 is 2.00 bits per heavy atom. The minimum atomic E-state index is 0.642. The Balaban J connectivity index is 4.40. The topological polar surface area (TPSA) is 28.0 Å². The van der Waals surface area contributed by atoms with Crippen molar-refractivity contribution in [2.45, 2.75) is 0 Å². The van der Waals surface area contributed by atoms with Crippen LogP contribution in [0, 0.1) is 0 Å². The maximum atomic E-state index is 3.97. The molecule has 0 spiro atoms. The molecule has 0 fully saturated rings. The van der Waals surface area contributed by atoms with Gasteiger partial charge in [-0.1, -0.05) is 19.7 Å². The molecular formula is C9H13N3. The first kappa shape index (κ1) is 10.4. The van der Waals surface area contributed by atoms with E-state index in [1.54, 1.807) is 30.4 Å². The SMILES string of the molecule is C=C/C=N\N(C)/C(C=C)=N\C=C. The van der Waals surface area contributed by atoms with Gasteiger partial charge >= 0.3 is 0 Å². The number of rotatable bonds is 4. The fourth-order valence-corrected chi connectivity index (χ4v) is 0.568. The number of hydrogen-bond donors (Lipinski definition) is 0. The molecule has 3 nitrogen and oxygen atoms in total. The van der Waals surface area contributed by atoms with E-state index in [0.717, 1.165) is 0 Å². The van der Waals surface area contributed by atoms with Gasteiger partial charge in [-0.2, -0.15) is 5.10 Å². The lowest BCUT2D eigenvalue weighted by atomic mass is 10.5. The zero-order chi connectivity index (χ0) is 9.40. The molecule has 0 saturated carbocycles. The van der Waals surface area contributed by atoms with Gasteiger partial charge in [0.1, 0.15) is 5.84 Å². The fraction of sp³-hybridized carbons (Fsp3) is 0.111. The molecule has 0 saturated heterocycles. The fourth-order valence-electron chi connectivity index (χ4n) is 0.568. The van der Waals surface area contributed by atoms with E-state index in [9.17, 15) is 0 Å². The van der Waals surface area contributed by atoms with Crippen LogP contribution in [-0.2, 0) is 0 Å². The third-order valence-electron chi connectivity index (χ3n) is 1.08. The Kier molecular flexibility index (Phi) is 5.26. The van der Waals surface area contributed by atoms with Crippen molar-refractivity contribution < 1.29 is 0 Å². The lowest BCUT2D eigenvalue weighted by Crippen LogP contribution is -2.18. The van der Waals surface area contributed by atoms with E-state index < -0.39 is 0 Å². The summed E-state index contributed by atoms with van der Waals surface area (Å²) in [5.41, 5.74) is 0. The lowest BCUT2D eigenvalue weighted by molar-refractivity contribution is 0.551. The van der Waals surface area contributed by atoms with Gasteiger partial charge in [0, 0.05) is 19.5 Å². The molecule has 0 amide bonds. The monoisotopic (exact) mass is 163 g/mol. The van der Waals surface area contributed by atoms with Gasteiger partial charge in [-0.25, -0.2) is 4.99 Å². The molecule has 0 aliphatic rings. The standard InChI is InChI=1S/C9H13N3/c1-5-8-11-12(4)9(6-2)10-7-3/h5-8H,1-3H2,4H3/b10-9-,11-8-. The Bertz CT molecular complexity index is 226. The van der Waals surface area contributed by atoms with Gasteiger partial charge in [-0.3, -0.25) is 5.01 Å².